The van der Waals surface area contributed by atoms with Gasteiger partial charge in [-0.25, -0.2) is 4.79 Å². The Kier molecular flexibility index (Phi) is 8.16. The number of furan rings is 1. The average molecular weight is 553 g/mol. The molecule has 1 atom stereocenters. The maximum atomic E-state index is 13.0. The van der Waals surface area contributed by atoms with E-state index in [9.17, 15) is 10.1 Å². The first-order valence-corrected chi connectivity index (χ1v) is 13.8. The summed E-state index contributed by atoms with van der Waals surface area (Å²) in [5.74, 6) is 0.869. The van der Waals surface area contributed by atoms with E-state index in [0.717, 1.165) is 30.2 Å². The third-order valence-corrected chi connectivity index (χ3v) is 7.04. The van der Waals surface area contributed by atoms with Gasteiger partial charge >= 0.3 is 5.97 Å². The Balaban J connectivity index is 1.45. The van der Waals surface area contributed by atoms with Gasteiger partial charge < -0.3 is 29.1 Å². The summed E-state index contributed by atoms with van der Waals surface area (Å²) in [4.78, 5) is 13.0. The van der Waals surface area contributed by atoms with Gasteiger partial charge in [0.2, 0.25) is 11.6 Å². The lowest BCUT2D eigenvalue weighted by Crippen LogP contribution is -2.21. The van der Waals surface area contributed by atoms with Crippen LogP contribution >= 0.6 is 0 Å². The molecule has 0 amide bonds. The van der Waals surface area contributed by atoms with E-state index in [4.69, 9.17) is 29.1 Å². The van der Waals surface area contributed by atoms with Crippen LogP contribution in [0.3, 0.4) is 0 Å². The quantitative estimate of drug-likeness (QED) is 0.125. The van der Waals surface area contributed by atoms with E-state index < -0.39 is 11.9 Å². The zero-order valence-corrected chi connectivity index (χ0v) is 23.4. The Morgan fingerprint density at radius 2 is 1.85 bits per heavy atom. The highest BCUT2D eigenvalue weighted by Gasteiger charge is 2.32. The molecule has 0 spiro atoms. The van der Waals surface area contributed by atoms with Gasteiger partial charge in [-0.3, -0.25) is 0 Å². The molecule has 2 N–H and O–H groups in total. The normalized spacial score (nSPS) is 14.2. The number of ether oxygens (including phenoxy) is 4. The Morgan fingerprint density at radius 1 is 1.02 bits per heavy atom. The van der Waals surface area contributed by atoms with Crippen LogP contribution < -0.4 is 24.7 Å². The number of benzene rings is 3. The number of esters is 1. The molecule has 0 radical (unpaired) electrons. The van der Waals surface area contributed by atoms with E-state index >= 15 is 0 Å². The molecule has 1 aliphatic rings. The topological polar surface area (TPSA) is 117 Å². The molecular formula is C33H32N2O6. The van der Waals surface area contributed by atoms with Gasteiger partial charge in [0.25, 0.3) is 0 Å². The Morgan fingerprint density at radius 3 is 2.61 bits per heavy atom. The number of allylic oxidation sites excluding steroid dienone is 1. The van der Waals surface area contributed by atoms with Crippen molar-refractivity contribution in [3.05, 3.63) is 94.6 Å². The van der Waals surface area contributed by atoms with E-state index in [1.54, 1.807) is 24.3 Å². The zero-order chi connectivity index (χ0) is 28.9. The van der Waals surface area contributed by atoms with Gasteiger partial charge in [0.15, 0.2) is 11.5 Å². The summed E-state index contributed by atoms with van der Waals surface area (Å²) in [6.45, 7) is 6.93. The van der Waals surface area contributed by atoms with Crippen molar-refractivity contribution in [2.24, 2.45) is 5.73 Å². The number of carbonyl (C=O) groups excluding carboxylic acids is 1. The first-order valence-electron chi connectivity index (χ1n) is 13.8. The molecule has 2 heterocycles. The molecule has 3 aromatic carbocycles. The maximum Gasteiger partial charge on any atom is 0.379 e. The average Bonchev–Trinajstić information content (AvgIpc) is 3.32. The number of aryl methyl sites for hydroxylation is 1. The van der Waals surface area contributed by atoms with Gasteiger partial charge in [0.1, 0.15) is 28.7 Å². The third kappa shape index (κ3) is 5.57. The number of nitrogens with two attached hydrogens (primary N) is 1. The number of carbonyl (C=O) groups is 1. The molecule has 1 aromatic heterocycles. The van der Waals surface area contributed by atoms with Gasteiger partial charge in [-0.2, -0.15) is 5.26 Å². The number of para-hydroxylation sites is 1. The predicted molar refractivity (Wildman–Crippen MR) is 154 cm³/mol. The SMILES string of the molecule is CCCCCOc1ccc(C2C(C#N)=C(N)Oc3cc(OC(=O)c4oc5ccccc5c4C)ccc32)cc1OCC. The molecule has 5 rings (SSSR count). The lowest BCUT2D eigenvalue weighted by Gasteiger charge is -2.27. The van der Waals surface area contributed by atoms with E-state index in [2.05, 4.69) is 13.0 Å². The molecule has 8 nitrogen and oxygen atoms in total. The largest absolute Gasteiger partial charge is 0.490 e. The van der Waals surface area contributed by atoms with Crippen LogP contribution in [0.25, 0.3) is 11.0 Å². The fraction of sp³-hybridized carbons (Fsp3) is 0.273. The van der Waals surface area contributed by atoms with Gasteiger partial charge in [0.05, 0.1) is 19.1 Å². The van der Waals surface area contributed by atoms with Gasteiger partial charge in [-0.1, -0.05) is 50.1 Å². The number of hydrogen-bond donors (Lipinski definition) is 1. The Labute approximate surface area is 238 Å². The number of nitrogens with zero attached hydrogens (tertiary/aromatic N) is 1. The second-order valence-electron chi connectivity index (χ2n) is 9.76. The lowest BCUT2D eigenvalue weighted by atomic mass is 9.83. The van der Waals surface area contributed by atoms with Crippen molar-refractivity contribution in [1.82, 2.24) is 0 Å². The maximum absolute atomic E-state index is 13.0. The van der Waals surface area contributed by atoms with Crippen molar-refractivity contribution in [3.63, 3.8) is 0 Å². The van der Waals surface area contributed by atoms with Crippen LogP contribution in [0.1, 0.15) is 66.3 Å². The molecule has 0 saturated carbocycles. The molecular weight excluding hydrogens is 520 g/mol. The highest BCUT2D eigenvalue weighted by atomic mass is 16.5. The summed E-state index contributed by atoms with van der Waals surface area (Å²) in [7, 11) is 0. The first-order chi connectivity index (χ1) is 19.9. The van der Waals surface area contributed by atoms with Crippen molar-refractivity contribution in [2.45, 2.75) is 46.0 Å². The lowest BCUT2D eigenvalue weighted by molar-refractivity contribution is 0.0702. The van der Waals surface area contributed by atoms with Crippen LogP contribution in [-0.4, -0.2) is 19.2 Å². The minimum Gasteiger partial charge on any atom is -0.490 e. The molecule has 1 aliphatic heterocycles. The molecule has 0 bridgehead atoms. The molecule has 41 heavy (non-hydrogen) atoms. The zero-order valence-electron chi connectivity index (χ0n) is 23.4. The highest BCUT2D eigenvalue weighted by Crippen LogP contribution is 2.45. The van der Waals surface area contributed by atoms with Crippen LogP contribution in [-0.2, 0) is 0 Å². The highest BCUT2D eigenvalue weighted by molar-refractivity contribution is 5.96. The van der Waals surface area contributed by atoms with Gasteiger partial charge in [-0.05, 0) is 50.1 Å². The number of hydrogen-bond acceptors (Lipinski definition) is 8. The monoisotopic (exact) mass is 552 g/mol. The number of fused-ring (bicyclic) bond motifs is 2. The van der Waals surface area contributed by atoms with Gasteiger partial charge in [0, 0.05) is 22.6 Å². The summed E-state index contributed by atoms with van der Waals surface area (Å²) in [5, 5.41) is 10.8. The van der Waals surface area contributed by atoms with Crippen LogP contribution in [0.5, 0.6) is 23.0 Å². The second-order valence-corrected chi connectivity index (χ2v) is 9.76. The summed E-state index contributed by atoms with van der Waals surface area (Å²) in [5.41, 5.74) is 9.30. The summed E-state index contributed by atoms with van der Waals surface area (Å²) >= 11 is 0. The van der Waals surface area contributed by atoms with Crippen LogP contribution in [0.4, 0.5) is 0 Å². The van der Waals surface area contributed by atoms with E-state index in [1.165, 1.54) is 0 Å². The van der Waals surface area contributed by atoms with Crippen molar-refractivity contribution >= 4 is 16.9 Å². The van der Waals surface area contributed by atoms with E-state index in [1.807, 2.05) is 50.2 Å². The third-order valence-electron chi connectivity index (χ3n) is 7.04. The van der Waals surface area contributed by atoms with E-state index in [0.29, 0.717) is 47.2 Å². The van der Waals surface area contributed by atoms with Crippen molar-refractivity contribution in [2.75, 3.05) is 13.2 Å². The van der Waals surface area contributed by atoms with Crippen molar-refractivity contribution < 1.29 is 28.2 Å². The molecule has 210 valence electrons. The fourth-order valence-electron chi connectivity index (χ4n) is 4.99. The summed E-state index contributed by atoms with van der Waals surface area (Å²) in [6.07, 6.45) is 3.15. The van der Waals surface area contributed by atoms with Crippen LogP contribution in [0, 0.1) is 18.3 Å². The standard InChI is InChI=1S/C33H32N2O6/c1-4-6-9-16-38-27-15-12-21(17-29(27)37-5-2)30-24-14-13-22(18-28(24)41-32(35)25(30)19-34)39-33(36)31-20(3)23-10-7-8-11-26(23)40-31/h7-8,10-15,17-18,30H,4-6,9,16,35H2,1-3H3. The number of rotatable bonds is 10. The second kappa shape index (κ2) is 12.1. The van der Waals surface area contributed by atoms with Gasteiger partial charge in [-0.15, -0.1) is 0 Å². The van der Waals surface area contributed by atoms with Crippen molar-refractivity contribution in [3.8, 4) is 29.1 Å². The smallest absolute Gasteiger partial charge is 0.379 e. The molecule has 1 unspecified atom stereocenters. The molecule has 0 saturated heterocycles. The van der Waals surface area contributed by atoms with Crippen LogP contribution in [0.15, 0.2) is 76.5 Å². The fourth-order valence-corrected chi connectivity index (χ4v) is 4.99. The van der Waals surface area contributed by atoms with Crippen molar-refractivity contribution in [1.29, 1.82) is 5.26 Å². The summed E-state index contributed by atoms with van der Waals surface area (Å²) in [6, 6.07) is 20.3. The minimum absolute atomic E-state index is 0.0144. The summed E-state index contributed by atoms with van der Waals surface area (Å²) < 4.78 is 29.1. The number of unbranched alkanes of at least 4 members (excludes halogenated alkanes) is 2. The number of nitriles is 1. The Bertz CT molecular complexity index is 1660. The first kappa shape index (κ1) is 27.7. The van der Waals surface area contributed by atoms with E-state index in [-0.39, 0.29) is 23.0 Å². The molecule has 0 aliphatic carbocycles. The molecule has 8 heteroatoms. The Hall–Kier alpha value is -4.90. The molecule has 4 aromatic rings. The minimum atomic E-state index is -0.622. The van der Waals surface area contributed by atoms with Crippen LogP contribution in [0.2, 0.25) is 0 Å². The molecule has 0 fully saturated rings. The predicted octanol–water partition coefficient (Wildman–Crippen LogP) is 7.15.